The molecular formula is C100H71BrN2. The molecule has 2 nitrogen and oxygen atoms in total. The van der Waals surface area contributed by atoms with E-state index in [1.54, 1.807) is 0 Å². The molecule has 488 valence electrons. The molecule has 22 rings (SSSR count). The molecular weight excluding hydrogens is 1310 g/mol. The van der Waals surface area contributed by atoms with Crippen LogP contribution in [-0.2, 0) is 21.7 Å². The summed E-state index contributed by atoms with van der Waals surface area (Å²) in [6, 6.07) is 129. The fraction of sp³-hybridized carbons (Fsp3) is 0.0800. The summed E-state index contributed by atoms with van der Waals surface area (Å²) in [6.45, 7) is 9.36. The number of hydrogen-bond donors (Lipinski definition) is 1. The zero-order valence-corrected chi connectivity index (χ0v) is 59.4. The molecule has 16 aromatic rings. The number of hydrogen-bond acceptors (Lipinski definition) is 2. The maximum atomic E-state index is 3.69. The van der Waals surface area contributed by atoms with Crippen LogP contribution in [0, 0.1) is 0 Å². The highest BCUT2D eigenvalue weighted by molar-refractivity contribution is 9.10. The predicted octanol–water partition coefficient (Wildman–Crippen LogP) is 26.6. The van der Waals surface area contributed by atoms with Gasteiger partial charge in [0.2, 0.25) is 0 Å². The third kappa shape index (κ3) is 8.92. The molecule has 2 spiro atoms. The van der Waals surface area contributed by atoms with E-state index in [2.05, 4.69) is 400 Å². The third-order valence-corrected chi connectivity index (χ3v) is 24.1. The standard InChI is InChI=1S/C50H35N.C27H23N.C23H13Br/c1-49(2)42-18-8-6-16-38(42)40-28-26-36(30-46(40)49)51(35-24-22-33(23-25-35)32-12-4-3-5-13-32)37-27-29-41-39-17-7-9-19-43(39)50(47(41)31-37)44-20-10-14-34-15-11-21-45(50)48(34)44;1-27(2)25-11-7-6-10-23(25)24-17-16-22(18-26(24)27)28-21-14-12-20(13-15-21)19-8-4-3-5-9-19;24-15-11-12-17-16-7-1-2-8-18(16)23(21(17)13-15)19-9-3-5-14-6-4-10-20(23)22(14)19/h3-31H,1-2H3;3-18,28H,1-2H3;1-13H. The van der Waals surface area contributed by atoms with Gasteiger partial charge < -0.3 is 10.2 Å². The summed E-state index contributed by atoms with van der Waals surface area (Å²) in [7, 11) is 0. The van der Waals surface area contributed by atoms with E-state index in [0.717, 1.165) is 21.5 Å². The van der Waals surface area contributed by atoms with Gasteiger partial charge in [0.15, 0.2) is 0 Å². The molecule has 0 bridgehead atoms. The van der Waals surface area contributed by atoms with Crippen LogP contribution in [-0.4, -0.2) is 0 Å². The van der Waals surface area contributed by atoms with E-state index < -0.39 is 0 Å². The SMILES string of the molecule is Brc1ccc2c(c1)C1(c3ccccc3-2)c2cccc3cccc1c23.CC1(C)c2ccccc2-c2ccc(N(c3ccc(-c4ccccc4)cc3)c3ccc4c(c3)C3(c5ccccc5-4)c4cccc5cccc3c45)cc21.CC1(C)c2ccccc2-c2ccc(Nc3ccc(-c4ccccc4)cc3)cc21. The van der Waals surface area contributed by atoms with Crippen molar-refractivity contribution in [3.8, 4) is 66.8 Å². The highest BCUT2D eigenvalue weighted by Crippen LogP contribution is 2.66. The van der Waals surface area contributed by atoms with Crippen LogP contribution >= 0.6 is 15.9 Å². The lowest BCUT2D eigenvalue weighted by Crippen LogP contribution is -2.36. The van der Waals surface area contributed by atoms with Crippen LogP contribution in [0.4, 0.5) is 28.4 Å². The van der Waals surface area contributed by atoms with Crippen LogP contribution in [0.2, 0.25) is 0 Å². The molecule has 0 radical (unpaired) electrons. The summed E-state index contributed by atoms with van der Waals surface area (Å²) in [4.78, 5) is 2.47. The minimum atomic E-state index is -0.289. The van der Waals surface area contributed by atoms with Crippen molar-refractivity contribution in [3.63, 3.8) is 0 Å². The van der Waals surface area contributed by atoms with E-state index >= 15 is 0 Å². The molecule has 0 fully saturated rings. The normalized spacial score (nSPS) is 14.6. The predicted molar refractivity (Wildman–Crippen MR) is 434 cm³/mol. The lowest BCUT2D eigenvalue weighted by Gasteiger charge is -2.43. The van der Waals surface area contributed by atoms with Crippen molar-refractivity contribution in [1.29, 1.82) is 0 Å². The number of anilines is 5. The Kier molecular flexibility index (Phi) is 13.7. The molecule has 0 saturated heterocycles. The van der Waals surface area contributed by atoms with Gasteiger partial charge in [0, 0.05) is 43.7 Å². The number of fused-ring (bicyclic) bond motifs is 20. The summed E-state index contributed by atoms with van der Waals surface area (Å²) in [5.41, 5.74) is 37.8. The molecule has 0 heterocycles. The molecule has 6 aliphatic carbocycles. The van der Waals surface area contributed by atoms with E-state index in [1.807, 2.05) is 6.07 Å². The molecule has 6 aliphatic rings. The fourth-order valence-corrected chi connectivity index (χ4v) is 19.3. The Labute approximate surface area is 611 Å². The van der Waals surface area contributed by atoms with Crippen molar-refractivity contribution in [1.82, 2.24) is 0 Å². The second-order valence-corrected chi connectivity index (χ2v) is 30.5. The number of nitrogens with one attached hydrogen (secondary N) is 1. The highest BCUT2D eigenvalue weighted by Gasteiger charge is 2.55. The Morgan fingerprint density at radius 3 is 1.03 bits per heavy atom. The molecule has 0 unspecified atom stereocenters. The van der Waals surface area contributed by atoms with Gasteiger partial charge in [-0.1, -0.05) is 323 Å². The van der Waals surface area contributed by atoms with Gasteiger partial charge in [0.05, 0.1) is 10.8 Å². The van der Waals surface area contributed by atoms with E-state index in [9.17, 15) is 0 Å². The Morgan fingerprint density at radius 1 is 0.233 bits per heavy atom. The first-order chi connectivity index (χ1) is 50.5. The first kappa shape index (κ1) is 61.0. The minimum absolute atomic E-state index is 0.0286. The second-order valence-electron chi connectivity index (χ2n) is 29.6. The monoisotopic (exact) mass is 1380 g/mol. The van der Waals surface area contributed by atoms with Gasteiger partial charge in [-0.3, -0.25) is 0 Å². The van der Waals surface area contributed by atoms with Gasteiger partial charge in [-0.25, -0.2) is 0 Å². The number of rotatable bonds is 7. The van der Waals surface area contributed by atoms with Gasteiger partial charge in [0.25, 0.3) is 0 Å². The molecule has 3 heteroatoms. The van der Waals surface area contributed by atoms with Gasteiger partial charge in [-0.2, -0.15) is 0 Å². The van der Waals surface area contributed by atoms with Crippen molar-refractivity contribution >= 4 is 65.9 Å². The van der Waals surface area contributed by atoms with E-state index in [-0.39, 0.29) is 21.7 Å². The Bertz CT molecular complexity index is 6080. The van der Waals surface area contributed by atoms with Crippen molar-refractivity contribution in [2.45, 2.75) is 49.4 Å². The van der Waals surface area contributed by atoms with Crippen LogP contribution in [0.25, 0.3) is 88.3 Å². The average Bonchev–Trinajstić information content (AvgIpc) is 1.57. The summed E-state index contributed by atoms with van der Waals surface area (Å²) in [5.74, 6) is 0. The van der Waals surface area contributed by atoms with Crippen molar-refractivity contribution in [3.05, 3.63) is 423 Å². The average molecular weight is 1380 g/mol. The van der Waals surface area contributed by atoms with Crippen LogP contribution in [0.1, 0.15) is 94.5 Å². The fourth-order valence-electron chi connectivity index (χ4n) is 19.0. The molecule has 0 aliphatic heterocycles. The van der Waals surface area contributed by atoms with Crippen LogP contribution in [0.3, 0.4) is 0 Å². The smallest absolute Gasteiger partial charge is 0.0726 e. The molecule has 0 saturated carbocycles. The second kappa shape index (κ2) is 23.1. The van der Waals surface area contributed by atoms with Crippen molar-refractivity contribution in [2.24, 2.45) is 0 Å². The quantitative estimate of drug-likeness (QED) is 0.171. The van der Waals surface area contributed by atoms with Crippen LogP contribution in [0.5, 0.6) is 0 Å². The van der Waals surface area contributed by atoms with Crippen molar-refractivity contribution in [2.75, 3.05) is 10.2 Å². The van der Waals surface area contributed by atoms with E-state index in [4.69, 9.17) is 0 Å². The lowest BCUT2D eigenvalue weighted by molar-refractivity contribution is 0.660. The lowest BCUT2D eigenvalue weighted by atomic mass is 9.58. The summed E-state index contributed by atoms with van der Waals surface area (Å²) >= 11 is 3.69. The number of nitrogens with zero attached hydrogens (tertiary/aromatic N) is 1. The maximum Gasteiger partial charge on any atom is 0.0726 e. The van der Waals surface area contributed by atoms with Gasteiger partial charge in [-0.15, -0.1) is 0 Å². The number of benzene rings is 16. The van der Waals surface area contributed by atoms with Crippen molar-refractivity contribution < 1.29 is 0 Å². The molecule has 0 amide bonds. The molecule has 16 aromatic carbocycles. The first-order valence-corrected chi connectivity index (χ1v) is 36.9. The Morgan fingerprint density at radius 2 is 0.553 bits per heavy atom. The summed E-state index contributed by atoms with van der Waals surface area (Å²) in [5, 5.41) is 9.08. The van der Waals surface area contributed by atoms with Crippen LogP contribution < -0.4 is 10.2 Å². The minimum Gasteiger partial charge on any atom is -0.356 e. The zero-order valence-electron chi connectivity index (χ0n) is 57.8. The summed E-state index contributed by atoms with van der Waals surface area (Å²) in [6.07, 6.45) is 0. The van der Waals surface area contributed by atoms with Gasteiger partial charge in [0.1, 0.15) is 0 Å². The molecule has 103 heavy (non-hydrogen) atoms. The highest BCUT2D eigenvalue weighted by atomic mass is 79.9. The largest absolute Gasteiger partial charge is 0.356 e. The molecule has 1 N–H and O–H groups in total. The molecule has 0 aromatic heterocycles. The zero-order chi connectivity index (χ0) is 68.9. The molecule has 0 atom stereocenters. The summed E-state index contributed by atoms with van der Waals surface area (Å²) < 4.78 is 1.14. The Balaban J connectivity index is 0.000000114. The van der Waals surface area contributed by atoms with Gasteiger partial charge in [-0.05, 0) is 228 Å². The number of halogens is 1. The Hall–Kier alpha value is -11.9. The van der Waals surface area contributed by atoms with E-state index in [1.165, 1.54) is 166 Å². The van der Waals surface area contributed by atoms with Crippen LogP contribution in [0.15, 0.2) is 356 Å². The van der Waals surface area contributed by atoms with Gasteiger partial charge >= 0.3 is 0 Å². The third-order valence-electron chi connectivity index (χ3n) is 23.6. The van der Waals surface area contributed by atoms with E-state index in [0.29, 0.717) is 0 Å². The topological polar surface area (TPSA) is 15.3 Å². The maximum absolute atomic E-state index is 3.69. The first-order valence-electron chi connectivity index (χ1n) is 36.1.